The summed E-state index contributed by atoms with van der Waals surface area (Å²) in [6, 6.07) is 8.33. The fourth-order valence-corrected chi connectivity index (χ4v) is 2.36. The molecule has 1 saturated carbocycles. The lowest BCUT2D eigenvalue weighted by atomic mass is 10.1. The summed E-state index contributed by atoms with van der Waals surface area (Å²) in [6.45, 7) is 6.27. The fraction of sp³-hybridized carbons (Fsp3) is 0.500. The molecule has 3 heteroatoms. The first-order chi connectivity index (χ1) is 8.17. The van der Waals surface area contributed by atoms with Crippen molar-refractivity contribution in [2.75, 3.05) is 18.0 Å². The predicted molar refractivity (Wildman–Crippen MR) is 68.5 cm³/mol. The van der Waals surface area contributed by atoms with Crippen molar-refractivity contribution in [1.82, 2.24) is 0 Å². The Kier molecular flexibility index (Phi) is 3.36. The molecule has 2 rings (SSSR count). The van der Waals surface area contributed by atoms with Gasteiger partial charge in [-0.3, -0.25) is 4.79 Å². The number of anilines is 1. The molecule has 1 fully saturated rings. The van der Waals surface area contributed by atoms with Crippen LogP contribution in [0.2, 0.25) is 0 Å². The number of carboxylic acid groups (broad SMARTS) is 1. The molecular weight excluding hydrogens is 214 g/mol. The first-order valence-corrected chi connectivity index (χ1v) is 6.25. The van der Waals surface area contributed by atoms with E-state index in [9.17, 15) is 4.79 Å². The summed E-state index contributed by atoms with van der Waals surface area (Å²) in [5.74, 6) is -0.588. The molecule has 0 aromatic heterocycles. The third-order valence-electron chi connectivity index (χ3n) is 3.56. The van der Waals surface area contributed by atoms with Crippen LogP contribution in [-0.2, 0) is 4.79 Å². The molecule has 1 aromatic rings. The van der Waals surface area contributed by atoms with Crippen LogP contribution in [-0.4, -0.2) is 24.2 Å². The van der Waals surface area contributed by atoms with Crippen LogP contribution in [0.15, 0.2) is 24.3 Å². The number of rotatable bonds is 5. The standard InChI is InChI=1S/C14H19NO2/c1-3-15(4-2)11-7-5-10(6-8-11)12-9-13(12)14(16)17/h5-8,12-13H,3-4,9H2,1-2H3,(H,16,17)/t12-,13+/m1/s1. The molecule has 0 amide bonds. The van der Waals surface area contributed by atoms with Gasteiger partial charge in [-0.25, -0.2) is 0 Å². The average Bonchev–Trinajstić information content (AvgIpc) is 3.12. The van der Waals surface area contributed by atoms with E-state index in [1.165, 1.54) is 5.69 Å². The normalized spacial score (nSPS) is 22.2. The molecule has 1 N–H and O–H groups in total. The molecule has 0 bridgehead atoms. The Bertz CT molecular complexity index is 395. The van der Waals surface area contributed by atoms with Crippen LogP contribution in [0.25, 0.3) is 0 Å². The van der Waals surface area contributed by atoms with Gasteiger partial charge in [0.05, 0.1) is 5.92 Å². The van der Waals surface area contributed by atoms with Crippen LogP contribution < -0.4 is 4.90 Å². The van der Waals surface area contributed by atoms with Gasteiger partial charge < -0.3 is 10.0 Å². The molecule has 0 spiro atoms. The third kappa shape index (κ3) is 2.43. The van der Waals surface area contributed by atoms with Gasteiger partial charge in [-0.1, -0.05) is 12.1 Å². The number of carbonyl (C=O) groups is 1. The maximum absolute atomic E-state index is 10.8. The zero-order chi connectivity index (χ0) is 12.4. The number of aliphatic carboxylic acids is 1. The lowest BCUT2D eigenvalue weighted by molar-refractivity contribution is -0.138. The van der Waals surface area contributed by atoms with Gasteiger partial charge >= 0.3 is 5.97 Å². The van der Waals surface area contributed by atoms with E-state index in [1.54, 1.807) is 0 Å². The summed E-state index contributed by atoms with van der Waals surface area (Å²) >= 11 is 0. The van der Waals surface area contributed by atoms with E-state index in [0.717, 1.165) is 25.1 Å². The van der Waals surface area contributed by atoms with Gasteiger partial charge in [0.1, 0.15) is 0 Å². The summed E-state index contributed by atoms with van der Waals surface area (Å²) < 4.78 is 0. The topological polar surface area (TPSA) is 40.5 Å². The van der Waals surface area contributed by atoms with Crippen molar-refractivity contribution in [2.45, 2.75) is 26.2 Å². The Balaban J connectivity index is 2.06. The molecular formula is C14H19NO2. The minimum atomic E-state index is -0.664. The molecule has 2 atom stereocenters. The van der Waals surface area contributed by atoms with Crippen LogP contribution in [0.4, 0.5) is 5.69 Å². The first kappa shape index (κ1) is 12.0. The van der Waals surface area contributed by atoms with Gasteiger partial charge in [0.25, 0.3) is 0 Å². The first-order valence-electron chi connectivity index (χ1n) is 6.25. The maximum Gasteiger partial charge on any atom is 0.307 e. The van der Waals surface area contributed by atoms with Gasteiger partial charge in [-0.05, 0) is 43.9 Å². The van der Waals surface area contributed by atoms with Crippen molar-refractivity contribution in [3.8, 4) is 0 Å². The van der Waals surface area contributed by atoms with Crippen LogP contribution in [0.1, 0.15) is 31.7 Å². The zero-order valence-electron chi connectivity index (χ0n) is 10.4. The molecule has 0 saturated heterocycles. The highest BCUT2D eigenvalue weighted by atomic mass is 16.4. The van der Waals surface area contributed by atoms with E-state index in [1.807, 2.05) is 0 Å². The SMILES string of the molecule is CCN(CC)c1ccc([C@H]2C[C@@H]2C(=O)O)cc1. The Morgan fingerprint density at radius 2 is 1.88 bits per heavy atom. The van der Waals surface area contributed by atoms with Gasteiger partial charge in [0, 0.05) is 18.8 Å². The number of hydrogen-bond donors (Lipinski definition) is 1. The smallest absolute Gasteiger partial charge is 0.307 e. The van der Waals surface area contributed by atoms with Crippen LogP contribution in [0.3, 0.4) is 0 Å². The van der Waals surface area contributed by atoms with E-state index in [4.69, 9.17) is 5.11 Å². The second-order valence-corrected chi connectivity index (χ2v) is 4.55. The van der Waals surface area contributed by atoms with E-state index >= 15 is 0 Å². The van der Waals surface area contributed by atoms with Crippen molar-refractivity contribution in [3.63, 3.8) is 0 Å². The van der Waals surface area contributed by atoms with Crippen molar-refractivity contribution in [3.05, 3.63) is 29.8 Å². The van der Waals surface area contributed by atoms with E-state index < -0.39 is 5.97 Å². The van der Waals surface area contributed by atoms with E-state index in [-0.39, 0.29) is 11.8 Å². The molecule has 17 heavy (non-hydrogen) atoms. The zero-order valence-corrected chi connectivity index (χ0v) is 10.4. The van der Waals surface area contributed by atoms with E-state index in [0.29, 0.717) is 0 Å². The van der Waals surface area contributed by atoms with Crippen molar-refractivity contribution >= 4 is 11.7 Å². The second kappa shape index (κ2) is 4.78. The molecule has 1 aliphatic rings. The lowest BCUT2D eigenvalue weighted by Gasteiger charge is -2.21. The largest absolute Gasteiger partial charge is 0.481 e. The van der Waals surface area contributed by atoms with Gasteiger partial charge in [0.2, 0.25) is 0 Å². The Morgan fingerprint density at radius 3 is 2.29 bits per heavy atom. The van der Waals surface area contributed by atoms with Gasteiger partial charge in [-0.2, -0.15) is 0 Å². The highest BCUT2D eigenvalue weighted by Gasteiger charge is 2.43. The monoisotopic (exact) mass is 233 g/mol. The lowest BCUT2D eigenvalue weighted by Crippen LogP contribution is -2.21. The summed E-state index contributed by atoms with van der Waals surface area (Å²) in [6.07, 6.45) is 0.792. The molecule has 0 unspecified atom stereocenters. The summed E-state index contributed by atoms with van der Waals surface area (Å²) in [7, 11) is 0. The Morgan fingerprint density at radius 1 is 1.29 bits per heavy atom. The third-order valence-corrected chi connectivity index (χ3v) is 3.56. The Hall–Kier alpha value is -1.51. The van der Waals surface area contributed by atoms with Crippen LogP contribution >= 0.6 is 0 Å². The minimum absolute atomic E-state index is 0.158. The molecule has 0 aliphatic heterocycles. The fourth-order valence-electron chi connectivity index (χ4n) is 2.36. The minimum Gasteiger partial charge on any atom is -0.481 e. The molecule has 1 aliphatic carbocycles. The van der Waals surface area contributed by atoms with Crippen LogP contribution in [0, 0.1) is 5.92 Å². The number of carboxylic acids is 1. The van der Waals surface area contributed by atoms with Gasteiger partial charge in [-0.15, -0.1) is 0 Å². The highest BCUT2D eigenvalue weighted by molar-refractivity contribution is 5.75. The molecule has 0 radical (unpaired) electrons. The maximum atomic E-state index is 10.8. The Labute approximate surface area is 102 Å². The van der Waals surface area contributed by atoms with Crippen molar-refractivity contribution < 1.29 is 9.90 Å². The molecule has 92 valence electrons. The molecule has 1 aromatic carbocycles. The number of nitrogens with zero attached hydrogens (tertiary/aromatic N) is 1. The van der Waals surface area contributed by atoms with E-state index in [2.05, 4.69) is 43.0 Å². The highest BCUT2D eigenvalue weighted by Crippen LogP contribution is 2.47. The predicted octanol–water partition coefficient (Wildman–Crippen LogP) is 2.72. The number of hydrogen-bond acceptors (Lipinski definition) is 2. The summed E-state index contributed by atoms with van der Waals surface area (Å²) in [5, 5.41) is 8.90. The summed E-state index contributed by atoms with van der Waals surface area (Å²) in [4.78, 5) is 13.1. The average molecular weight is 233 g/mol. The van der Waals surface area contributed by atoms with Crippen molar-refractivity contribution in [2.24, 2.45) is 5.92 Å². The quantitative estimate of drug-likeness (QED) is 0.850. The summed E-state index contributed by atoms with van der Waals surface area (Å²) in [5.41, 5.74) is 2.37. The second-order valence-electron chi connectivity index (χ2n) is 4.55. The van der Waals surface area contributed by atoms with Crippen molar-refractivity contribution in [1.29, 1.82) is 0 Å². The van der Waals surface area contributed by atoms with Gasteiger partial charge in [0.15, 0.2) is 0 Å². The number of benzene rings is 1. The molecule has 0 heterocycles. The van der Waals surface area contributed by atoms with Crippen LogP contribution in [0.5, 0.6) is 0 Å². The molecule has 3 nitrogen and oxygen atoms in total.